The van der Waals surface area contributed by atoms with Crippen LogP contribution >= 0.6 is 11.3 Å². The van der Waals surface area contributed by atoms with E-state index in [1.165, 1.54) is 10.4 Å². The van der Waals surface area contributed by atoms with E-state index in [0.29, 0.717) is 11.9 Å². The van der Waals surface area contributed by atoms with Gasteiger partial charge in [0.2, 0.25) is 5.91 Å². The topological polar surface area (TPSA) is 36.4 Å². The molecule has 0 unspecified atom stereocenters. The van der Waals surface area contributed by atoms with Gasteiger partial charge in [-0.1, -0.05) is 30.3 Å². The van der Waals surface area contributed by atoms with Crippen molar-refractivity contribution in [3.8, 4) is 0 Å². The standard InChI is InChI=1S/C19H23N3OS/c1-15(16-6-3-2-4-7-16)21-9-5-8-19(12-21)13-22(18(19)23)11-17-10-20-14-24-17/h2-4,6-7,10,14-15H,5,8-9,11-13H2,1H3/t15-,19+/m1/s1. The van der Waals surface area contributed by atoms with E-state index in [1.807, 2.05) is 16.6 Å². The zero-order chi connectivity index (χ0) is 16.6. The predicted molar refractivity (Wildman–Crippen MR) is 95.6 cm³/mol. The third-order valence-corrected chi connectivity index (χ3v) is 6.27. The molecule has 0 aliphatic carbocycles. The van der Waals surface area contributed by atoms with E-state index in [-0.39, 0.29) is 5.41 Å². The number of rotatable bonds is 4. The molecule has 0 saturated carbocycles. The Labute approximate surface area is 147 Å². The van der Waals surface area contributed by atoms with Gasteiger partial charge < -0.3 is 4.90 Å². The second-order valence-corrected chi connectivity index (χ2v) is 8.04. The molecule has 2 fully saturated rings. The number of piperidine rings is 1. The molecule has 2 saturated heterocycles. The predicted octanol–water partition coefficient (Wildman–Crippen LogP) is 3.33. The highest BCUT2D eigenvalue weighted by molar-refractivity contribution is 7.09. The maximum atomic E-state index is 12.9. The molecule has 2 aliphatic heterocycles. The van der Waals surface area contributed by atoms with Crippen molar-refractivity contribution >= 4 is 17.2 Å². The number of thiazole rings is 1. The van der Waals surface area contributed by atoms with Gasteiger partial charge in [-0.15, -0.1) is 11.3 Å². The monoisotopic (exact) mass is 341 g/mol. The Morgan fingerprint density at radius 1 is 1.29 bits per heavy atom. The summed E-state index contributed by atoms with van der Waals surface area (Å²) in [4.78, 5) is 22.6. The third-order valence-electron chi connectivity index (χ3n) is 5.50. The first-order valence-corrected chi connectivity index (χ1v) is 9.52. The SMILES string of the molecule is C[C@H](c1ccccc1)N1CCC[C@@]2(CN(Cc3cncs3)C2=O)C1. The number of carbonyl (C=O) groups is 1. The van der Waals surface area contributed by atoms with Gasteiger partial charge in [0.1, 0.15) is 0 Å². The Bertz CT molecular complexity index is 703. The highest BCUT2D eigenvalue weighted by Gasteiger charge is 2.53. The molecule has 1 aromatic carbocycles. The van der Waals surface area contributed by atoms with Crippen LogP contribution in [0.5, 0.6) is 0 Å². The number of β-lactam (4-membered cyclic amide) rings is 1. The van der Waals surface area contributed by atoms with Crippen molar-refractivity contribution < 1.29 is 4.79 Å². The molecule has 0 radical (unpaired) electrons. The first-order valence-electron chi connectivity index (χ1n) is 8.64. The van der Waals surface area contributed by atoms with Crippen LogP contribution in [-0.2, 0) is 11.3 Å². The smallest absolute Gasteiger partial charge is 0.232 e. The lowest BCUT2D eigenvalue weighted by molar-refractivity contribution is -0.168. The van der Waals surface area contributed by atoms with Gasteiger partial charge in [0.05, 0.1) is 17.5 Å². The molecule has 4 rings (SSSR count). The summed E-state index contributed by atoms with van der Waals surface area (Å²) in [6.07, 6.45) is 4.01. The first kappa shape index (κ1) is 15.8. The van der Waals surface area contributed by atoms with Crippen LogP contribution in [0.3, 0.4) is 0 Å². The number of carbonyl (C=O) groups excluding carboxylic acids is 1. The summed E-state index contributed by atoms with van der Waals surface area (Å²) in [7, 11) is 0. The molecule has 2 aromatic rings. The molecule has 1 amide bonds. The number of nitrogens with zero attached hydrogens (tertiary/aromatic N) is 3. The molecule has 5 heteroatoms. The van der Waals surface area contributed by atoms with Crippen molar-refractivity contribution in [3.05, 3.63) is 52.5 Å². The number of aromatic nitrogens is 1. The molecular weight excluding hydrogens is 318 g/mol. The quantitative estimate of drug-likeness (QED) is 0.801. The van der Waals surface area contributed by atoms with Crippen molar-refractivity contribution in [2.75, 3.05) is 19.6 Å². The van der Waals surface area contributed by atoms with Gasteiger partial charge in [0.25, 0.3) is 0 Å². The van der Waals surface area contributed by atoms with Crippen LogP contribution in [0.4, 0.5) is 0 Å². The van der Waals surface area contributed by atoms with Crippen molar-refractivity contribution in [1.82, 2.24) is 14.8 Å². The summed E-state index contributed by atoms with van der Waals surface area (Å²) < 4.78 is 0. The van der Waals surface area contributed by atoms with Gasteiger partial charge in [-0.05, 0) is 31.9 Å². The molecule has 1 aromatic heterocycles. The zero-order valence-electron chi connectivity index (χ0n) is 14.0. The van der Waals surface area contributed by atoms with Crippen molar-refractivity contribution in [2.24, 2.45) is 5.41 Å². The normalized spacial score (nSPS) is 25.7. The van der Waals surface area contributed by atoms with Gasteiger partial charge in [-0.2, -0.15) is 0 Å². The van der Waals surface area contributed by atoms with Crippen molar-refractivity contribution in [2.45, 2.75) is 32.4 Å². The van der Waals surface area contributed by atoms with Crippen LogP contribution < -0.4 is 0 Å². The van der Waals surface area contributed by atoms with Gasteiger partial charge >= 0.3 is 0 Å². The minimum atomic E-state index is -0.147. The molecule has 24 heavy (non-hydrogen) atoms. The number of hydrogen-bond donors (Lipinski definition) is 0. The molecule has 0 bridgehead atoms. The van der Waals surface area contributed by atoms with E-state index < -0.39 is 0 Å². The molecule has 126 valence electrons. The number of benzene rings is 1. The van der Waals surface area contributed by atoms with Crippen molar-refractivity contribution in [3.63, 3.8) is 0 Å². The summed E-state index contributed by atoms with van der Waals surface area (Å²) in [6, 6.07) is 11.0. The largest absolute Gasteiger partial charge is 0.336 e. The number of amides is 1. The van der Waals surface area contributed by atoms with Crippen LogP contribution in [0.15, 0.2) is 42.0 Å². The van der Waals surface area contributed by atoms with Crippen LogP contribution in [0.1, 0.15) is 36.2 Å². The van der Waals surface area contributed by atoms with E-state index >= 15 is 0 Å². The molecule has 4 nitrogen and oxygen atoms in total. The van der Waals surface area contributed by atoms with Gasteiger partial charge in [-0.3, -0.25) is 14.7 Å². The fourth-order valence-electron chi connectivity index (χ4n) is 4.13. The van der Waals surface area contributed by atoms with E-state index in [1.54, 1.807) is 11.3 Å². The maximum Gasteiger partial charge on any atom is 0.232 e. The van der Waals surface area contributed by atoms with Crippen LogP contribution in [0.25, 0.3) is 0 Å². The lowest BCUT2D eigenvalue weighted by atomic mass is 9.72. The third kappa shape index (κ3) is 2.76. The van der Waals surface area contributed by atoms with Gasteiger partial charge in [0.15, 0.2) is 0 Å². The molecule has 1 spiro atoms. The fraction of sp³-hybridized carbons (Fsp3) is 0.474. The summed E-state index contributed by atoms with van der Waals surface area (Å²) in [5.41, 5.74) is 3.02. The van der Waals surface area contributed by atoms with Crippen LogP contribution in [0.2, 0.25) is 0 Å². The highest BCUT2D eigenvalue weighted by Crippen LogP contribution is 2.43. The minimum Gasteiger partial charge on any atom is -0.336 e. The average Bonchev–Trinajstić information content (AvgIpc) is 3.15. The average molecular weight is 341 g/mol. The van der Waals surface area contributed by atoms with Crippen LogP contribution in [0, 0.1) is 5.41 Å². The molecule has 3 heterocycles. The van der Waals surface area contributed by atoms with E-state index in [4.69, 9.17) is 0 Å². The Hall–Kier alpha value is -1.72. The van der Waals surface area contributed by atoms with E-state index in [0.717, 1.165) is 39.0 Å². The summed E-state index contributed by atoms with van der Waals surface area (Å²) >= 11 is 1.62. The molecule has 2 aliphatic rings. The van der Waals surface area contributed by atoms with E-state index in [2.05, 4.69) is 47.1 Å². The minimum absolute atomic E-state index is 0.147. The highest BCUT2D eigenvalue weighted by atomic mass is 32.1. The fourth-order valence-corrected chi connectivity index (χ4v) is 4.74. The molecule has 2 atom stereocenters. The first-order chi connectivity index (χ1) is 11.7. The summed E-state index contributed by atoms with van der Waals surface area (Å²) in [6.45, 7) is 5.84. The van der Waals surface area contributed by atoms with Gasteiger partial charge in [0, 0.05) is 30.2 Å². The Balaban J connectivity index is 1.43. The number of hydrogen-bond acceptors (Lipinski definition) is 4. The summed E-state index contributed by atoms with van der Waals surface area (Å²) in [5.74, 6) is 0.334. The maximum absolute atomic E-state index is 12.9. The second-order valence-electron chi connectivity index (χ2n) is 7.07. The van der Waals surface area contributed by atoms with Crippen molar-refractivity contribution in [1.29, 1.82) is 0 Å². The second kappa shape index (κ2) is 6.30. The Morgan fingerprint density at radius 3 is 2.83 bits per heavy atom. The van der Waals surface area contributed by atoms with Crippen LogP contribution in [-0.4, -0.2) is 40.3 Å². The lowest BCUT2D eigenvalue weighted by Gasteiger charge is -2.54. The number of likely N-dealkylation sites (tertiary alicyclic amines) is 2. The lowest BCUT2D eigenvalue weighted by Crippen LogP contribution is -2.66. The van der Waals surface area contributed by atoms with Gasteiger partial charge in [-0.25, -0.2) is 0 Å². The summed E-state index contributed by atoms with van der Waals surface area (Å²) in [5, 5.41) is 0. The molecular formula is C19H23N3OS. The Morgan fingerprint density at radius 2 is 2.12 bits per heavy atom. The zero-order valence-corrected chi connectivity index (χ0v) is 14.8. The molecule has 0 N–H and O–H groups in total. The Kier molecular flexibility index (Phi) is 4.14. The van der Waals surface area contributed by atoms with E-state index in [9.17, 15) is 4.79 Å².